The molecule has 2 aliphatic rings. The number of nitrogens with one attached hydrogen (secondary N) is 1. The van der Waals surface area contributed by atoms with E-state index in [1.165, 1.54) is 50.9 Å². The summed E-state index contributed by atoms with van der Waals surface area (Å²) in [6.45, 7) is 3.07. The molecule has 1 aromatic rings. The highest BCUT2D eigenvalue weighted by molar-refractivity contribution is 9.10. The monoisotopic (exact) mass is 449 g/mol. The summed E-state index contributed by atoms with van der Waals surface area (Å²) in [5.41, 5.74) is 0. The summed E-state index contributed by atoms with van der Waals surface area (Å²) in [6.07, 6.45) is 9.97. The normalized spacial score (nSPS) is 21.5. The van der Waals surface area contributed by atoms with Crippen LogP contribution >= 0.6 is 27.5 Å². The second kappa shape index (κ2) is 8.65. The van der Waals surface area contributed by atoms with Crippen LogP contribution in [0.15, 0.2) is 21.6 Å². The van der Waals surface area contributed by atoms with E-state index < -0.39 is 10.0 Å². The number of piperidine rings is 1. The highest BCUT2D eigenvalue weighted by Gasteiger charge is 2.27. The van der Waals surface area contributed by atoms with Gasteiger partial charge in [0.05, 0.1) is 0 Å². The molecule has 0 amide bonds. The number of sulfonamides is 1. The van der Waals surface area contributed by atoms with Gasteiger partial charge in [0.1, 0.15) is 10.0 Å². The largest absolute Gasteiger partial charge is 0.303 e. The van der Waals surface area contributed by atoms with Crippen molar-refractivity contribution in [2.24, 2.45) is 5.92 Å². The van der Waals surface area contributed by atoms with Crippen molar-refractivity contribution in [1.29, 1.82) is 0 Å². The molecule has 2 heterocycles. The van der Waals surface area contributed by atoms with Crippen molar-refractivity contribution in [1.82, 2.24) is 14.6 Å². The predicted octanol–water partition coefficient (Wildman–Crippen LogP) is 3.82. The summed E-state index contributed by atoms with van der Waals surface area (Å²) in [6, 6.07) is 1.46. The molecule has 0 spiro atoms. The average Bonchev–Trinajstić information content (AvgIpc) is 2.59. The summed E-state index contributed by atoms with van der Waals surface area (Å²) in [5, 5.41) is 0.00503. The topological polar surface area (TPSA) is 62.3 Å². The van der Waals surface area contributed by atoms with Gasteiger partial charge in [0.15, 0.2) is 0 Å². The maximum Gasteiger partial charge on any atom is 0.243 e. The summed E-state index contributed by atoms with van der Waals surface area (Å²) >= 11 is 9.22. The summed E-state index contributed by atoms with van der Waals surface area (Å²) in [7, 11) is -3.65. The number of hydrogen-bond donors (Lipinski definition) is 1. The quantitative estimate of drug-likeness (QED) is 0.693. The Kier molecular flexibility index (Phi) is 6.77. The van der Waals surface area contributed by atoms with E-state index in [0.717, 1.165) is 31.8 Å². The van der Waals surface area contributed by atoms with Crippen molar-refractivity contribution < 1.29 is 8.42 Å². The lowest BCUT2D eigenvalue weighted by atomic mass is 9.88. The minimum atomic E-state index is -3.65. The molecule has 1 aliphatic carbocycles. The summed E-state index contributed by atoms with van der Waals surface area (Å²) in [4.78, 5) is 6.44. The number of aromatic nitrogens is 1. The average molecular weight is 451 g/mol. The van der Waals surface area contributed by atoms with Crippen molar-refractivity contribution in [2.75, 3.05) is 19.6 Å². The zero-order valence-electron chi connectivity index (χ0n) is 14.3. The SMILES string of the molecule is O=S(=O)(NC1CCN(CC2CCCCC2)CC1)c1cc(Br)cnc1Cl. The molecule has 8 heteroatoms. The van der Waals surface area contributed by atoms with Gasteiger partial charge in [0, 0.05) is 23.3 Å². The first-order chi connectivity index (χ1) is 11.9. The van der Waals surface area contributed by atoms with Crippen molar-refractivity contribution in [3.63, 3.8) is 0 Å². The molecular weight excluding hydrogens is 426 g/mol. The molecule has 1 saturated heterocycles. The van der Waals surface area contributed by atoms with E-state index in [0.29, 0.717) is 4.47 Å². The molecule has 2 fully saturated rings. The third-order valence-electron chi connectivity index (χ3n) is 5.21. The molecular formula is C17H25BrClN3O2S. The zero-order valence-corrected chi connectivity index (χ0v) is 17.4. The van der Waals surface area contributed by atoms with Gasteiger partial charge < -0.3 is 4.90 Å². The Morgan fingerprint density at radius 3 is 2.56 bits per heavy atom. The Hall–Kier alpha value is -0.210. The molecule has 0 unspecified atom stereocenters. The number of pyridine rings is 1. The van der Waals surface area contributed by atoms with Crippen LogP contribution in [0, 0.1) is 5.92 Å². The maximum absolute atomic E-state index is 12.6. The Morgan fingerprint density at radius 2 is 1.88 bits per heavy atom. The minimum Gasteiger partial charge on any atom is -0.303 e. The van der Waals surface area contributed by atoms with E-state index in [-0.39, 0.29) is 16.1 Å². The number of rotatable bonds is 5. The molecule has 0 radical (unpaired) electrons. The van der Waals surface area contributed by atoms with Crippen LogP contribution in [0.2, 0.25) is 5.15 Å². The molecule has 1 saturated carbocycles. The second-order valence-electron chi connectivity index (χ2n) is 7.14. The van der Waals surface area contributed by atoms with E-state index in [1.54, 1.807) is 0 Å². The first-order valence-electron chi connectivity index (χ1n) is 9.00. The lowest BCUT2D eigenvalue weighted by molar-refractivity contribution is 0.161. The van der Waals surface area contributed by atoms with Gasteiger partial charge in [-0.2, -0.15) is 0 Å². The van der Waals surface area contributed by atoms with Gasteiger partial charge in [0.25, 0.3) is 0 Å². The standard InChI is InChI=1S/C17H25BrClN3O2S/c18-14-10-16(17(19)20-11-14)25(23,24)21-15-6-8-22(9-7-15)12-13-4-2-1-3-5-13/h10-11,13,15,21H,1-9,12H2. The molecule has 5 nitrogen and oxygen atoms in total. The van der Waals surface area contributed by atoms with Crippen LogP contribution in [0.4, 0.5) is 0 Å². The third-order valence-corrected chi connectivity index (χ3v) is 7.59. The molecule has 0 bridgehead atoms. The first kappa shape index (κ1) is 19.5. The number of hydrogen-bond acceptors (Lipinski definition) is 4. The lowest BCUT2D eigenvalue weighted by Crippen LogP contribution is -2.45. The Balaban J connectivity index is 1.53. The Labute approximate surface area is 163 Å². The maximum atomic E-state index is 12.6. The first-order valence-corrected chi connectivity index (χ1v) is 11.7. The van der Waals surface area contributed by atoms with E-state index in [9.17, 15) is 8.42 Å². The van der Waals surface area contributed by atoms with E-state index in [2.05, 4.69) is 30.5 Å². The van der Waals surface area contributed by atoms with Gasteiger partial charge in [-0.25, -0.2) is 18.1 Å². The van der Waals surface area contributed by atoms with Gasteiger partial charge in [-0.1, -0.05) is 30.9 Å². The molecule has 1 N–H and O–H groups in total. The minimum absolute atomic E-state index is 0.00503. The molecule has 3 rings (SSSR count). The van der Waals surface area contributed by atoms with Crippen molar-refractivity contribution in [3.8, 4) is 0 Å². The number of nitrogens with zero attached hydrogens (tertiary/aromatic N) is 2. The molecule has 140 valence electrons. The summed E-state index contributed by atoms with van der Waals surface area (Å²) < 4.78 is 28.6. The van der Waals surface area contributed by atoms with E-state index in [4.69, 9.17) is 11.6 Å². The highest BCUT2D eigenvalue weighted by Crippen LogP contribution is 2.26. The van der Waals surface area contributed by atoms with Gasteiger partial charge in [-0.15, -0.1) is 0 Å². The molecule has 0 atom stereocenters. The zero-order chi connectivity index (χ0) is 17.9. The van der Waals surface area contributed by atoms with Crippen LogP contribution in [0.3, 0.4) is 0 Å². The smallest absolute Gasteiger partial charge is 0.243 e. The number of likely N-dealkylation sites (tertiary alicyclic amines) is 1. The van der Waals surface area contributed by atoms with Crippen LogP contribution in [0.1, 0.15) is 44.9 Å². The lowest BCUT2D eigenvalue weighted by Gasteiger charge is -2.35. The van der Waals surface area contributed by atoms with Gasteiger partial charge in [0.2, 0.25) is 10.0 Å². The fourth-order valence-electron chi connectivity index (χ4n) is 3.84. The van der Waals surface area contributed by atoms with Crippen LogP contribution in [0.5, 0.6) is 0 Å². The van der Waals surface area contributed by atoms with Crippen LogP contribution < -0.4 is 4.72 Å². The van der Waals surface area contributed by atoms with Gasteiger partial charge >= 0.3 is 0 Å². The fraction of sp³-hybridized carbons (Fsp3) is 0.706. The van der Waals surface area contributed by atoms with Crippen molar-refractivity contribution in [2.45, 2.75) is 55.9 Å². The molecule has 0 aromatic carbocycles. The predicted molar refractivity (Wildman–Crippen MR) is 103 cm³/mol. The summed E-state index contributed by atoms with van der Waals surface area (Å²) in [5.74, 6) is 0.827. The third kappa shape index (κ3) is 5.39. The van der Waals surface area contributed by atoms with Crippen LogP contribution in [0.25, 0.3) is 0 Å². The van der Waals surface area contributed by atoms with E-state index >= 15 is 0 Å². The fourth-order valence-corrected chi connectivity index (χ4v) is 6.09. The Bertz CT molecular complexity index is 687. The molecule has 1 aliphatic heterocycles. The number of halogens is 2. The Morgan fingerprint density at radius 1 is 1.20 bits per heavy atom. The van der Waals surface area contributed by atoms with Crippen LogP contribution in [-0.4, -0.2) is 44.0 Å². The van der Waals surface area contributed by atoms with Gasteiger partial charge in [-0.05, 0) is 66.7 Å². The van der Waals surface area contributed by atoms with Crippen molar-refractivity contribution >= 4 is 37.6 Å². The van der Waals surface area contributed by atoms with Crippen molar-refractivity contribution in [3.05, 3.63) is 21.9 Å². The molecule has 1 aromatic heterocycles. The van der Waals surface area contributed by atoms with Crippen LogP contribution in [-0.2, 0) is 10.0 Å². The second-order valence-corrected chi connectivity index (χ2v) is 10.1. The van der Waals surface area contributed by atoms with E-state index in [1.807, 2.05) is 0 Å². The molecule has 25 heavy (non-hydrogen) atoms. The van der Waals surface area contributed by atoms with Gasteiger partial charge in [-0.3, -0.25) is 0 Å². The highest BCUT2D eigenvalue weighted by atomic mass is 79.9.